The number of ether oxygens (including phenoxy) is 1. The van der Waals surface area contributed by atoms with Gasteiger partial charge in [-0.25, -0.2) is 4.79 Å². The Morgan fingerprint density at radius 2 is 2.05 bits per heavy atom. The van der Waals surface area contributed by atoms with Crippen molar-refractivity contribution in [3.8, 4) is 0 Å². The lowest BCUT2D eigenvalue weighted by Crippen LogP contribution is -2.30. The Labute approximate surface area is 122 Å². The quantitative estimate of drug-likeness (QED) is 0.784. The molecule has 0 spiro atoms. The Balaban J connectivity index is 1.82. The van der Waals surface area contributed by atoms with Gasteiger partial charge < -0.3 is 15.4 Å². The van der Waals surface area contributed by atoms with Crippen molar-refractivity contribution in [3.63, 3.8) is 0 Å². The fourth-order valence-corrected chi connectivity index (χ4v) is 2.05. The number of carbonyl (C=O) groups is 3. The van der Waals surface area contributed by atoms with Crippen LogP contribution in [0.4, 0.5) is 0 Å². The minimum Gasteiger partial charge on any atom is -0.460 e. The van der Waals surface area contributed by atoms with Crippen molar-refractivity contribution in [3.05, 3.63) is 35.4 Å². The van der Waals surface area contributed by atoms with E-state index < -0.39 is 5.97 Å². The molecule has 21 heavy (non-hydrogen) atoms. The third kappa shape index (κ3) is 4.59. The molecular formula is C15H18N2O4. The topological polar surface area (TPSA) is 84.5 Å². The third-order valence-corrected chi connectivity index (χ3v) is 3.23. The molecule has 2 rings (SSSR count). The summed E-state index contributed by atoms with van der Waals surface area (Å²) >= 11 is 0. The van der Waals surface area contributed by atoms with Crippen LogP contribution in [-0.2, 0) is 20.9 Å². The summed E-state index contributed by atoms with van der Waals surface area (Å²) in [6.07, 6.45) is 1.18. The van der Waals surface area contributed by atoms with Gasteiger partial charge in [0.15, 0.2) is 0 Å². The monoisotopic (exact) mass is 290 g/mol. The second-order valence-electron chi connectivity index (χ2n) is 5.01. The first-order chi connectivity index (χ1) is 10.0. The summed E-state index contributed by atoms with van der Waals surface area (Å²) in [5.74, 6) is -0.516. The van der Waals surface area contributed by atoms with E-state index in [1.165, 1.54) is 6.92 Å². The van der Waals surface area contributed by atoms with Crippen LogP contribution in [0.15, 0.2) is 24.3 Å². The van der Waals surface area contributed by atoms with E-state index in [0.717, 1.165) is 5.56 Å². The first kappa shape index (κ1) is 15.0. The highest BCUT2D eigenvalue weighted by Crippen LogP contribution is 2.10. The van der Waals surface area contributed by atoms with Gasteiger partial charge in [-0.2, -0.15) is 0 Å². The predicted octanol–water partition coefficient (Wildman–Crippen LogP) is 0.758. The fourth-order valence-electron chi connectivity index (χ4n) is 2.05. The molecule has 1 heterocycles. The molecule has 1 aliphatic rings. The van der Waals surface area contributed by atoms with E-state index in [2.05, 4.69) is 10.6 Å². The number of amides is 2. The molecule has 1 aliphatic heterocycles. The van der Waals surface area contributed by atoms with Crippen LogP contribution in [-0.4, -0.2) is 30.4 Å². The van der Waals surface area contributed by atoms with Gasteiger partial charge in [0.1, 0.15) is 6.61 Å². The number of esters is 1. The van der Waals surface area contributed by atoms with E-state index in [0.29, 0.717) is 24.9 Å². The highest BCUT2D eigenvalue weighted by atomic mass is 16.5. The van der Waals surface area contributed by atoms with E-state index in [1.54, 1.807) is 24.3 Å². The summed E-state index contributed by atoms with van der Waals surface area (Å²) in [6, 6.07) is 6.77. The molecular weight excluding hydrogens is 272 g/mol. The van der Waals surface area contributed by atoms with Gasteiger partial charge in [0.2, 0.25) is 11.8 Å². The molecule has 1 aromatic rings. The van der Waals surface area contributed by atoms with Crippen molar-refractivity contribution in [2.24, 2.45) is 0 Å². The lowest BCUT2D eigenvalue weighted by Gasteiger charge is -2.11. The lowest BCUT2D eigenvalue weighted by atomic mass is 10.1. The number of carbonyl (C=O) groups excluding carboxylic acids is 3. The SMILES string of the molecule is CC(=O)NCc1ccc(C(=O)OCC2CCC(=O)N2)cc1. The number of nitrogens with one attached hydrogen (secondary N) is 2. The van der Waals surface area contributed by atoms with Crippen LogP contribution < -0.4 is 10.6 Å². The van der Waals surface area contributed by atoms with Gasteiger partial charge in [0.05, 0.1) is 11.6 Å². The van der Waals surface area contributed by atoms with Crippen molar-refractivity contribution in [1.82, 2.24) is 10.6 Å². The minimum atomic E-state index is -0.415. The number of hydrogen-bond donors (Lipinski definition) is 2. The second kappa shape index (κ2) is 6.88. The maximum atomic E-state index is 11.9. The summed E-state index contributed by atoms with van der Waals surface area (Å²) in [5, 5.41) is 5.42. The Hall–Kier alpha value is -2.37. The van der Waals surface area contributed by atoms with Crippen LogP contribution >= 0.6 is 0 Å². The first-order valence-corrected chi connectivity index (χ1v) is 6.84. The van der Waals surface area contributed by atoms with Crippen LogP contribution in [0.3, 0.4) is 0 Å². The predicted molar refractivity (Wildman–Crippen MR) is 75.4 cm³/mol. The Morgan fingerprint density at radius 3 is 2.62 bits per heavy atom. The van der Waals surface area contributed by atoms with Gasteiger partial charge in [-0.1, -0.05) is 12.1 Å². The zero-order valence-corrected chi connectivity index (χ0v) is 11.8. The molecule has 2 amide bonds. The van der Waals surface area contributed by atoms with Gasteiger partial charge in [-0.3, -0.25) is 9.59 Å². The van der Waals surface area contributed by atoms with E-state index in [-0.39, 0.29) is 24.5 Å². The standard InChI is InChI=1S/C15H18N2O4/c1-10(18)16-8-11-2-4-12(5-3-11)15(20)21-9-13-6-7-14(19)17-13/h2-5,13H,6-9H2,1H3,(H,16,18)(H,17,19). The van der Waals surface area contributed by atoms with Crippen molar-refractivity contribution in [1.29, 1.82) is 0 Å². The van der Waals surface area contributed by atoms with Gasteiger partial charge in [0.25, 0.3) is 0 Å². The molecule has 1 aromatic carbocycles. The molecule has 1 fully saturated rings. The molecule has 0 radical (unpaired) electrons. The lowest BCUT2D eigenvalue weighted by molar-refractivity contribution is -0.120. The van der Waals surface area contributed by atoms with Crippen molar-refractivity contribution >= 4 is 17.8 Å². The normalized spacial score (nSPS) is 17.2. The van der Waals surface area contributed by atoms with Crippen LogP contribution in [0.1, 0.15) is 35.7 Å². The highest BCUT2D eigenvalue weighted by Gasteiger charge is 2.22. The maximum absolute atomic E-state index is 11.9. The summed E-state index contributed by atoms with van der Waals surface area (Å²) in [7, 11) is 0. The molecule has 0 aliphatic carbocycles. The smallest absolute Gasteiger partial charge is 0.338 e. The zero-order valence-electron chi connectivity index (χ0n) is 11.8. The average Bonchev–Trinajstić information content (AvgIpc) is 2.89. The van der Waals surface area contributed by atoms with Crippen molar-refractivity contribution in [2.45, 2.75) is 32.4 Å². The molecule has 6 heteroatoms. The molecule has 0 saturated carbocycles. The van der Waals surface area contributed by atoms with Crippen LogP contribution in [0, 0.1) is 0 Å². The largest absolute Gasteiger partial charge is 0.460 e. The molecule has 2 N–H and O–H groups in total. The Bertz CT molecular complexity index is 539. The van der Waals surface area contributed by atoms with Crippen molar-refractivity contribution in [2.75, 3.05) is 6.61 Å². The van der Waals surface area contributed by atoms with E-state index >= 15 is 0 Å². The van der Waals surface area contributed by atoms with Gasteiger partial charge >= 0.3 is 5.97 Å². The van der Waals surface area contributed by atoms with Crippen LogP contribution in [0.25, 0.3) is 0 Å². The number of rotatable bonds is 5. The first-order valence-electron chi connectivity index (χ1n) is 6.84. The summed E-state index contributed by atoms with van der Waals surface area (Å²) < 4.78 is 5.18. The van der Waals surface area contributed by atoms with Crippen LogP contribution in [0.5, 0.6) is 0 Å². The molecule has 112 valence electrons. The zero-order chi connectivity index (χ0) is 15.2. The number of benzene rings is 1. The Morgan fingerprint density at radius 1 is 1.33 bits per heavy atom. The third-order valence-electron chi connectivity index (χ3n) is 3.23. The summed E-state index contributed by atoms with van der Waals surface area (Å²) in [4.78, 5) is 33.7. The summed E-state index contributed by atoms with van der Waals surface area (Å²) in [5.41, 5.74) is 1.36. The molecule has 0 bridgehead atoms. The molecule has 0 aromatic heterocycles. The fraction of sp³-hybridized carbons (Fsp3) is 0.400. The van der Waals surface area contributed by atoms with Gasteiger partial charge in [0, 0.05) is 19.9 Å². The van der Waals surface area contributed by atoms with Crippen molar-refractivity contribution < 1.29 is 19.1 Å². The van der Waals surface area contributed by atoms with Gasteiger partial charge in [-0.05, 0) is 24.1 Å². The minimum absolute atomic E-state index is 0.00151. The highest BCUT2D eigenvalue weighted by molar-refractivity contribution is 5.89. The molecule has 1 unspecified atom stereocenters. The average molecular weight is 290 g/mol. The van der Waals surface area contributed by atoms with E-state index in [9.17, 15) is 14.4 Å². The molecule has 1 saturated heterocycles. The maximum Gasteiger partial charge on any atom is 0.338 e. The van der Waals surface area contributed by atoms with Gasteiger partial charge in [-0.15, -0.1) is 0 Å². The number of hydrogen-bond acceptors (Lipinski definition) is 4. The van der Waals surface area contributed by atoms with E-state index in [1.807, 2.05) is 0 Å². The molecule has 1 atom stereocenters. The van der Waals surface area contributed by atoms with Crippen LogP contribution in [0.2, 0.25) is 0 Å². The summed E-state index contributed by atoms with van der Waals surface area (Å²) in [6.45, 7) is 2.07. The second-order valence-corrected chi connectivity index (χ2v) is 5.01. The van der Waals surface area contributed by atoms with E-state index in [4.69, 9.17) is 4.74 Å². The Kier molecular flexibility index (Phi) is 4.92. The molecule has 6 nitrogen and oxygen atoms in total.